The summed E-state index contributed by atoms with van der Waals surface area (Å²) in [5.74, 6) is 1.30. The molecule has 0 aliphatic heterocycles. The third-order valence-electron chi connectivity index (χ3n) is 2.41. The van der Waals surface area contributed by atoms with E-state index in [9.17, 15) is 10.1 Å². The van der Waals surface area contributed by atoms with Crippen molar-refractivity contribution < 1.29 is 4.92 Å². The Morgan fingerprint density at radius 2 is 2.35 bits per heavy atom. The van der Waals surface area contributed by atoms with Gasteiger partial charge in [0, 0.05) is 35.6 Å². The van der Waals surface area contributed by atoms with Crippen LogP contribution in [0.25, 0.3) is 0 Å². The molecule has 0 aliphatic carbocycles. The molecule has 0 saturated carbocycles. The van der Waals surface area contributed by atoms with Crippen molar-refractivity contribution in [2.24, 2.45) is 0 Å². The lowest BCUT2D eigenvalue weighted by molar-refractivity contribution is -0.384. The lowest BCUT2D eigenvalue weighted by Crippen LogP contribution is -2.32. The molecule has 0 bridgehead atoms. The smallest absolute Gasteiger partial charge is 0.312 e. The number of anilines is 1. The van der Waals surface area contributed by atoms with Gasteiger partial charge in [0.2, 0.25) is 5.82 Å². The molecule has 1 atom stereocenters. The molecule has 0 fully saturated rings. The number of nitro groups is 1. The van der Waals surface area contributed by atoms with Crippen LogP contribution in [0.5, 0.6) is 0 Å². The molecule has 0 spiro atoms. The van der Waals surface area contributed by atoms with E-state index in [1.165, 1.54) is 6.07 Å². The summed E-state index contributed by atoms with van der Waals surface area (Å²) in [6.07, 6.45) is 3.58. The van der Waals surface area contributed by atoms with E-state index in [2.05, 4.69) is 20.9 Å². The summed E-state index contributed by atoms with van der Waals surface area (Å²) in [5.41, 5.74) is 0.0230. The first kappa shape index (κ1) is 14.2. The van der Waals surface area contributed by atoms with E-state index >= 15 is 0 Å². The van der Waals surface area contributed by atoms with Crippen molar-refractivity contribution in [3.8, 4) is 0 Å². The highest BCUT2D eigenvalue weighted by atomic mass is 79.9. The predicted molar refractivity (Wildman–Crippen MR) is 74.8 cm³/mol. The Hall–Kier alpha value is -0.820. The molecular weight excluding hydrogens is 306 g/mol. The van der Waals surface area contributed by atoms with Gasteiger partial charge < -0.3 is 4.90 Å². The van der Waals surface area contributed by atoms with E-state index in [0.29, 0.717) is 10.3 Å². The van der Waals surface area contributed by atoms with E-state index < -0.39 is 4.92 Å². The average Bonchev–Trinajstić information content (AvgIpc) is 2.28. The van der Waals surface area contributed by atoms with Crippen molar-refractivity contribution in [2.75, 3.05) is 24.0 Å². The Morgan fingerprint density at radius 1 is 1.71 bits per heavy atom. The Bertz CT molecular complexity index is 417. The summed E-state index contributed by atoms with van der Waals surface area (Å²) in [5, 5.41) is 11.0. The third-order valence-corrected chi connectivity index (χ3v) is 3.66. The number of hydrogen-bond donors (Lipinski definition) is 0. The number of pyridine rings is 1. The van der Waals surface area contributed by atoms with Crippen LogP contribution >= 0.6 is 27.7 Å². The number of aromatic nitrogens is 1. The van der Waals surface area contributed by atoms with Crippen LogP contribution in [0.3, 0.4) is 0 Å². The van der Waals surface area contributed by atoms with Crippen LogP contribution in [0, 0.1) is 10.1 Å². The Labute approximate surface area is 113 Å². The molecule has 0 amide bonds. The minimum atomic E-state index is -0.407. The highest BCUT2D eigenvalue weighted by Gasteiger charge is 2.22. The van der Waals surface area contributed by atoms with Crippen molar-refractivity contribution in [1.82, 2.24) is 4.98 Å². The van der Waals surface area contributed by atoms with Crippen LogP contribution in [-0.4, -0.2) is 35.0 Å². The Morgan fingerprint density at radius 3 is 2.88 bits per heavy atom. The van der Waals surface area contributed by atoms with Crippen molar-refractivity contribution >= 4 is 39.2 Å². The van der Waals surface area contributed by atoms with E-state index in [1.54, 1.807) is 18.0 Å². The van der Waals surface area contributed by atoms with Gasteiger partial charge in [0.15, 0.2) is 0 Å². The highest BCUT2D eigenvalue weighted by Crippen LogP contribution is 2.29. The zero-order valence-corrected chi connectivity index (χ0v) is 12.3. The van der Waals surface area contributed by atoms with Crippen molar-refractivity contribution in [3.05, 3.63) is 26.9 Å². The van der Waals surface area contributed by atoms with Crippen molar-refractivity contribution in [3.63, 3.8) is 0 Å². The maximum Gasteiger partial charge on any atom is 0.312 e. The topological polar surface area (TPSA) is 59.3 Å². The number of rotatable bonds is 5. The minimum absolute atomic E-state index is 0.0230. The SMILES string of the molecule is CSCC(C)N(C)c1ncc(Br)cc1[N+](=O)[O-]. The summed E-state index contributed by atoms with van der Waals surface area (Å²) >= 11 is 4.89. The first-order valence-corrected chi connectivity index (χ1v) is 7.17. The number of thioether (sulfide) groups is 1. The summed E-state index contributed by atoms with van der Waals surface area (Å²) in [4.78, 5) is 16.5. The lowest BCUT2D eigenvalue weighted by Gasteiger charge is -2.24. The molecule has 7 heteroatoms. The van der Waals surface area contributed by atoms with Crippen molar-refractivity contribution in [2.45, 2.75) is 13.0 Å². The van der Waals surface area contributed by atoms with E-state index in [1.807, 2.05) is 25.1 Å². The van der Waals surface area contributed by atoms with E-state index in [4.69, 9.17) is 0 Å². The summed E-state index contributed by atoms with van der Waals surface area (Å²) in [6, 6.07) is 1.67. The van der Waals surface area contributed by atoms with Gasteiger partial charge in [-0.1, -0.05) is 0 Å². The Balaban J connectivity index is 3.08. The first-order chi connectivity index (χ1) is 7.97. The number of nitrogens with zero attached hydrogens (tertiary/aromatic N) is 3. The van der Waals surface area contributed by atoms with Crippen LogP contribution in [0.1, 0.15) is 6.92 Å². The zero-order valence-electron chi connectivity index (χ0n) is 9.88. The van der Waals surface area contributed by atoms with E-state index in [0.717, 1.165) is 5.75 Å². The van der Waals surface area contributed by atoms with Crippen LogP contribution < -0.4 is 4.90 Å². The van der Waals surface area contributed by atoms with Gasteiger partial charge in [-0.15, -0.1) is 0 Å². The standard InChI is InChI=1S/C10H14BrN3O2S/c1-7(6-17-3)13(2)10-9(14(15)16)4-8(11)5-12-10/h4-5,7H,6H2,1-3H3. The Kier molecular flexibility index (Phi) is 5.20. The molecule has 1 aromatic rings. The third kappa shape index (κ3) is 3.57. The van der Waals surface area contributed by atoms with Crippen LogP contribution in [-0.2, 0) is 0 Å². The predicted octanol–water partition coefficient (Wildman–Crippen LogP) is 2.94. The molecular formula is C10H14BrN3O2S. The fraction of sp³-hybridized carbons (Fsp3) is 0.500. The molecule has 1 aromatic heterocycles. The quantitative estimate of drug-likeness (QED) is 0.617. The second-order valence-electron chi connectivity index (χ2n) is 3.67. The highest BCUT2D eigenvalue weighted by molar-refractivity contribution is 9.10. The van der Waals surface area contributed by atoms with Gasteiger partial charge >= 0.3 is 5.69 Å². The number of hydrogen-bond acceptors (Lipinski definition) is 5. The second kappa shape index (κ2) is 6.20. The summed E-state index contributed by atoms with van der Waals surface area (Å²) in [6.45, 7) is 2.02. The lowest BCUT2D eigenvalue weighted by atomic mass is 10.3. The van der Waals surface area contributed by atoms with Crippen molar-refractivity contribution in [1.29, 1.82) is 0 Å². The second-order valence-corrected chi connectivity index (χ2v) is 5.50. The van der Waals surface area contributed by atoms with Gasteiger partial charge in [0.25, 0.3) is 0 Å². The number of halogens is 1. The fourth-order valence-electron chi connectivity index (χ4n) is 1.39. The van der Waals surface area contributed by atoms with E-state index in [-0.39, 0.29) is 11.7 Å². The maximum absolute atomic E-state index is 11.0. The normalized spacial score (nSPS) is 12.2. The van der Waals surface area contributed by atoms with Gasteiger partial charge in [0.05, 0.1) is 4.92 Å². The van der Waals surface area contributed by atoms with Crippen LogP contribution in [0.2, 0.25) is 0 Å². The molecule has 0 aliphatic rings. The van der Waals surface area contributed by atoms with Crippen LogP contribution in [0.4, 0.5) is 11.5 Å². The summed E-state index contributed by atoms with van der Waals surface area (Å²) < 4.78 is 0.610. The monoisotopic (exact) mass is 319 g/mol. The van der Waals surface area contributed by atoms with Gasteiger partial charge in [-0.3, -0.25) is 10.1 Å². The average molecular weight is 320 g/mol. The molecule has 0 radical (unpaired) electrons. The van der Waals surface area contributed by atoms with Gasteiger partial charge in [-0.05, 0) is 29.1 Å². The van der Waals surface area contributed by atoms with Gasteiger partial charge in [0.1, 0.15) is 0 Å². The van der Waals surface area contributed by atoms with Crippen LogP contribution in [0.15, 0.2) is 16.7 Å². The minimum Gasteiger partial charge on any atom is -0.350 e. The molecule has 94 valence electrons. The molecule has 1 unspecified atom stereocenters. The zero-order chi connectivity index (χ0) is 13.0. The molecule has 0 aromatic carbocycles. The first-order valence-electron chi connectivity index (χ1n) is 4.99. The maximum atomic E-state index is 11.0. The largest absolute Gasteiger partial charge is 0.350 e. The fourth-order valence-corrected chi connectivity index (χ4v) is 2.41. The van der Waals surface area contributed by atoms with Gasteiger partial charge in [-0.2, -0.15) is 11.8 Å². The molecule has 0 saturated heterocycles. The molecule has 0 N–H and O–H groups in total. The van der Waals surface area contributed by atoms with Gasteiger partial charge in [-0.25, -0.2) is 4.98 Å². The molecule has 1 rings (SSSR count). The molecule has 5 nitrogen and oxygen atoms in total. The molecule has 17 heavy (non-hydrogen) atoms. The molecule has 1 heterocycles. The summed E-state index contributed by atoms with van der Waals surface area (Å²) in [7, 11) is 1.82.